The van der Waals surface area contributed by atoms with Crippen LogP contribution in [0.25, 0.3) is 0 Å². The second-order valence-electron chi connectivity index (χ2n) is 2.11. The smallest absolute Gasteiger partial charge is 0.335 e. The predicted molar refractivity (Wildman–Crippen MR) is 46.1 cm³/mol. The Balaban J connectivity index is 2.79. The summed E-state index contributed by atoms with van der Waals surface area (Å²) in [5, 5.41) is 4.56. The number of esters is 1. The van der Waals surface area contributed by atoms with Crippen LogP contribution < -0.4 is 5.32 Å². The first-order valence-corrected chi connectivity index (χ1v) is 4.34. The highest BCUT2D eigenvalue weighted by molar-refractivity contribution is 7.09. The summed E-state index contributed by atoms with van der Waals surface area (Å²) in [6.07, 6.45) is 2.01. The standard InChI is InChI=1S/C7H8N2O3S/c1-12-7(11)5(9-4-10)6-8-2-3-13-6/h2-5H,1H3,(H,9,10). The van der Waals surface area contributed by atoms with E-state index in [2.05, 4.69) is 15.0 Å². The van der Waals surface area contributed by atoms with Crippen molar-refractivity contribution < 1.29 is 14.3 Å². The van der Waals surface area contributed by atoms with E-state index in [4.69, 9.17) is 0 Å². The molecule has 13 heavy (non-hydrogen) atoms. The van der Waals surface area contributed by atoms with E-state index in [1.165, 1.54) is 18.4 Å². The van der Waals surface area contributed by atoms with Crippen LogP contribution in [-0.2, 0) is 14.3 Å². The van der Waals surface area contributed by atoms with Crippen molar-refractivity contribution >= 4 is 23.7 Å². The van der Waals surface area contributed by atoms with Crippen molar-refractivity contribution in [2.24, 2.45) is 0 Å². The van der Waals surface area contributed by atoms with E-state index < -0.39 is 12.0 Å². The number of nitrogens with one attached hydrogen (secondary N) is 1. The van der Waals surface area contributed by atoms with Crippen LogP contribution in [0.4, 0.5) is 0 Å². The maximum absolute atomic E-state index is 11.1. The fraction of sp³-hybridized carbons (Fsp3) is 0.286. The quantitative estimate of drug-likeness (QED) is 0.553. The van der Waals surface area contributed by atoms with E-state index in [0.717, 1.165) is 0 Å². The summed E-state index contributed by atoms with van der Waals surface area (Å²) in [5.74, 6) is -0.526. The van der Waals surface area contributed by atoms with Gasteiger partial charge in [-0.2, -0.15) is 0 Å². The van der Waals surface area contributed by atoms with E-state index in [1.54, 1.807) is 11.6 Å². The molecule has 0 saturated carbocycles. The summed E-state index contributed by atoms with van der Waals surface area (Å²) >= 11 is 1.28. The van der Waals surface area contributed by atoms with E-state index in [1.807, 2.05) is 0 Å². The SMILES string of the molecule is COC(=O)C(NC=O)c1nccs1. The summed E-state index contributed by atoms with van der Waals surface area (Å²) in [7, 11) is 1.26. The van der Waals surface area contributed by atoms with Gasteiger partial charge in [-0.25, -0.2) is 9.78 Å². The van der Waals surface area contributed by atoms with Crippen molar-refractivity contribution in [3.8, 4) is 0 Å². The molecule has 0 aliphatic heterocycles. The summed E-state index contributed by atoms with van der Waals surface area (Å²) in [6.45, 7) is 0. The van der Waals surface area contributed by atoms with Crippen molar-refractivity contribution in [3.63, 3.8) is 0 Å². The zero-order chi connectivity index (χ0) is 9.68. The molecule has 0 aliphatic carbocycles. The number of nitrogens with zero attached hydrogens (tertiary/aromatic N) is 1. The molecule has 0 aliphatic rings. The molecule has 1 N–H and O–H groups in total. The zero-order valence-electron chi connectivity index (χ0n) is 6.89. The number of carbonyl (C=O) groups excluding carboxylic acids is 2. The molecule has 1 aromatic heterocycles. The monoisotopic (exact) mass is 200 g/mol. The average Bonchev–Trinajstić information content (AvgIpc) is 2.65. The highest BCUT2D eigenvalue weighted by Gasteiger charge is 2.22. The molecular weight excluding hydrogens is 192 g/mol. The second-order valence-corrected chi connectivity index (χ2v) is 3.04. The Kier molecular flexibility index (Phi) is 3.39. The minimum atomic E-state index is -0.789. The number of thiazole rings is 1. The number of aromatic nitrogens is 1. The summed E-state index contributed by atoms with van der Waals surface area (Å²) in [6, 6.07) is -0.789. The molecule has 1 amide bonds. The fourth-order valence-corrected chi connectivity index (χ4v) is 1.49. The van der Waals surface area contributed by atoms with Gasteiger partial charge in [-0.3, -0.25) is 4.79 Å². The minimum Gasteiger partial charge on any atom is -0.467 e. The van der Waals surface area contributed by atoms with Gasteiger partial charge in [0.2, 0.25) is 6.41 Å². The average molecular weight is 200 g/mol. The lowest BCUT2D eigenvalue weighted by molar-refractivity contribution is -0.144. The van der Waals surface area contributed by atoms with E-state index in [9.17, 15) is 9.59 Å². The minimum absolute atomic E-state index is 0.447. The molecule has 0 spiro atoms. The van der Waals surface area contributed by atoms with Crippen LogP contribution in [0.2, 0.25) is 0 Å². The number of methoxy groups -OCH3 is 1. The molecule has 1 heterocycles. The Morgan fingerprint density at radius 3 is 3.08 bits per heavy atom. The Hall–Kier alpha value is -1.43. The van der Waals surface area contributed by atoms with Gasteiger partial charge in [-0.15, -0.1) is 11.3 Å². The molecule has 1 rings (SSSR count). The third kappa shape index (κ3) is 2.25. The molecule has 70 valence electrons. The van der Waals surface area contributed by atoms with E-state index in [-0.39, 0.29) is 0 Å². The van der Waals surface area contributed by atoms with Crippen molar-refractivity contribution in [2.75, 3.05) is 7.11 Å². The molecule has 0 radical (unpaired) electrons. The van der Waals surface area contributed by atoms with Gasteiger partial charge in [-0.1, -0.05) is 0 Å². The number of hydrogen-bond acceptors (Lipinski definition) is 5. The Morgan fingerprint density at radius 1 is 1.85 bits per heavy atom. The number of hydrogen-bond donors (Lipinski definition) is 1. The number of rotatable bonds is 4. The zero-order valence-corrected chi connectivity index (χ0v) is 7.71. The molecule has 1 unspecified atom stereocenters. The fourth-order valence-electron chi connectivity index (χ4n) is 0.803. The van der Waals surface area contributed by atoms with Gasteiger partial charge in [0.05, 0.1) is 7.11 Å². The largest absolute Gasteiger partial charge is 0.467 e. The lowest BCUT2D eigenvalue weighted by atomic mass is 10.3. The van der Waals surface area contributed by atoms with Crippen molar-refractivity contribution in [3.05, 3.63) is 16.6 Å². The number of ether oxygens (including phenoxy) is 1. The summed E-state index contributed by atoms with van der Waals surface area (Å²) < 4.78 is 4.50. The van der Waals surface area contributed by atoms with Crippen molar-refractivity contribution in [2.45, 2.75) is 6.04 Å². The third-order valence-corrected chi connectivity index (χ3v) is 2.21. The maximum atomic E-state index is 11.1. The molecule has 0 saturated heterocycles. The molecule has 6 heteroatoms. The third-order valence-electron chi connectivity index (χ3n) is 1.37. The van der Waals surface area contributed by atoms with Crippen molar-refractivity contribution in [1.82, 2.24) is 10.3 Å². The molecule has 1 atom stereocenters. The molecule has 1 aromatic rings. The first-order chi connectivity index (χ1) is 6.29. The van der Waals surface area contributed by atoms with Crippen LogP contribution in [0.5, 0.6) is 0 Å². The molecule has 0 bridgehead atoms. The Labute approximate surface area is 78.7 Å². The molecule has 0 fully saturated rings. The molecule has 5 nitrogen and oxygen atoms in total. The maximum Gasteiger partial charge on any atom is 0.335 e. The Morgan fingerprint density at radius 2 is 2.62 bits per heavy atom. The van der Waals surface area contributed by atoms with E-state index in [0.29, 0.717) is 11.4 Å². The van der Waals surface area contributed by atoms with Crippen LogP contribution in [-0.4, -0.2) is 24.5 Å². The Bertz CT molecular complexity index is 286. The molecule has 0 aromatic carbocycles. The molecular formula is C7H8N2O3S. The van der Waals surface area contributed by atoms with Crippen LogP contribution in [0.1, 0.15) is 11.0 Å². The van der Waals surface area contributed by atoms with Crippen molar-refractivity contribution in [1.29, 1.82) is 0 Å². The van der Waals surface area contributed by atoms with Gasteiger partial charge in [0.15, 0.2) is 6.04 Å². The first kappa shape index (κ1) is 9.66. The summed E-state index contributed by atoms with van der Waals surface area (Å²) in [4.78, 5) is 25.2. The highest BCUT2D eigenvalue weighted by Crippen LogP contribution is 2.16. The first-order valence-electron chi connectivity index (χ1n) is 3.46. The van der Waals surface area contributed by atoms with E-state index >= 15 is 0 Å². The summed E-state index contributed by atoms with van der Waals surface area (Å²) in [5.41, 5.74) is 0. The lowest BCUT2D eigenvalue weighted by Crippen LogP contribution is -2.28. The topological polar surface area (TPSA) is 68.3 Å². The predicted octanol–water partition coefficient (Wildman–Crippen LogP) is 0.103. The van der Waals surface area contributed by atoms with Crippen LogP contribution >= 0.6 is 11.3 Å². The van der Waals surface area contributed by atoms with Gasteiger partial charge in [0, 0.05) is 11.6 Å². The normalized spacial score (nSPS) is 11.8. The van der Waals surface area contributed by atoms with Gasteiger partial charge in [0.25, 0.3) is 0 Å². The van der Waals surface area contributed by atoms with Gasteiger partial charge in [0.1, 0.15) is 5.01 Å². The van der Waals surface area contributed by atoms with Crippen LogP contribution in [0.15, 0.2) is 11.6 Å². The lowest BCUT2D eigenvalue weighted by Gasteiger charge is -2.09. The second kappa shape index (κ2) is 4.56. The van der Waals surface area contributed by atoms with Crippen LogP contribution in [0.3, 0.4) is 0 Å². The van der Waals surface area contributed by atoms with Gasteiger partial charge < -0.3 is 10.1 Å². The van der Waals surface area contributed by atoms with Gasteiger partial charge >= 0.3 is 5.97 Å². The number of amides is 1. The van der Waals surface area contributed by atoms with Crippen LogP contribution in [0, 0.1) is 0 Å². The number of carbonyl (C=O) groups is 2. The highest BCUT2D eigenvalue weighted by atomic mass is 32.1. The van der Waals surface area contributed by atoms with Gasteiger partial charge in [-0.05, 0) is 0 Å².